The standard InChI is InChI=1S/C22H20N2O4S/c25-22(26)16-10-24(11-16)9-14-7-15-5-6-17(8-19(15)28-12-14)27-13-21-23-18-3-1-2-4-20(18)29-21/h1-8,16H,9-13H2,(H,25,26). The highest BCUT2D eigenvalue weighted by Crippen LogP contribution is 2.32. The summed E-state index contributed by atoms with van der Waals surface area (Å²) in [6.45, 7) is 2.91. The molecule has 2 aliphatic heterocycles. The molecule has 3 heterocycles. The molecule has 0 saturated carbocycles. The van der Waals surface area contributed by atoms with E-state index in [1.807, 2.05) is 36.4 Å². The lowest BCUT2D eigenvalue weighted by molar-refractivity contribution is -0.147. The van der Waals surface area contributed by atoms with E-state index in [0.29, 0.717) is 26.3 Å². The average Bonchev–Trinajstić information content (AvgIpc) is 3.11. The monoisotopic (exact) mass is 408 g/mol. The van der Waals surface area contributed by atoms with Gasteiger partial charge in [0.2, 0.25) is 0 Å². The quantitative estimate of drug-likeness (QED) is 0.671. The normalized spacial score (nSPS) is 16.6. The Morgan fingerprint density at radius 1 is 1.28 bits per heavy atom. The van der Waals surface area contributed by atoms with Gasteiger partial charge in [0.25, 0.3) is 0 Å². The Bertz CT molecular complexity index is 1070. The second kappa shape index (κ2) is 7.50. The number of para-hydroxylation sites is 1. The van der Waals surface area contributed by atoms with Gasteiger partial charge in [-0.1, -0.05) is 12.1 Å². The van der Waals surface area contributed by atoms with Gasteiger partial charge in [-0.2, -0.15) is 0 Å². The first-order chi connectivity index (χ1) is 14.1. The van der Waals surface area contributed by atoms with Crippen molar-refractivity contribution in [3.05, 3.63) is 58.6 Å². The second-order valence-electron chi connectivity index (χ2n) is 7.38. The fraction of sp³-hybridized carbons (Fsp3) is 0.273. The van der Waals surface area contributed by atoms with E-state index in [1.54, 1.807) is 11.3 Å². The summed E-state index contributed by atoms with van der Waals surface area (Å²) in [6, 6.07) is 13.9. The van der Waals surface area contributed by atoms with Crippen LogP contribution in [0.3, 0.4) is 0 Å². The van der Waals surface area contributed by atoms with E-state index in [9.17, 15) is 4.79 Å². The zero-order chi connectivity index (χ0) is 19.8. The minimum Gasteiger partial charge on any atom is -0.488 e. The molecule has 1 N–H and O–H groups in total. The van der Waals surface area contributed by atoms with Crippen LogP contribution in [0.5, 0.6) is 11.5 Å². The zero-order valence-electron chi connectivity index (χ0n) is 15.7. The Kier molecular flexibility index (Phi) is 4.69. The van der Waals surface area contributed by atoms with Gasteiger partial charge in [0.1, 0.15) is 29.7 Å². The largest absolute Gasteiger partial charge is 0.488 e. The maximum atomic E-state index is 10.9. The van der Waals surface area contributed by atoms with Crippen molar-refractivity contribution in [1.82, 2.24) is 9.88 Å². The molecule has 2 aromatic carbocycles. The number of carboxylic acid groups (broad SMARTS) is 1. The van der Waals surface area contributed by atoms with E-state index in [1.165, 1.54) is 0 Å². The highest BCUT2D eigenvalue weighted by molar-refractivity contribution is 7.18. The molecule has 0 aliphatic carbocycles. The van der Waals surface area contributed by atoms with E-state index < -0.39 is 5.97 Å². The van der Waals surface area contributed by atoms with Gasteiger partial charge >= 0.3 is 5.97 Å². The Hall–Kier alpha value is -2.90. The fourth-order valence-electron chi connectivity index (χ4n) is 3.64. The van der Waals surface area contributed by atoms with Crippen LogP contribution < -0.4 is 9.47 Å². The minimum absolute atomic E-state index is 0.234. The number of aliphatic carboxylic acids is 1. The van der Waals surface area contributed by atoms with E-state index in [2.05, 4.69) is 22.0 Å². The van der Waals surface area contributed by atoms with Gasteiger partial charge in [0.05, 0.1) is 16.1 Å². The lowest BCUT2D eigenvalue weighted by Gasteiger charge is -2.37. The van der Waals surface area contributed by atoms with Crippen molar-refractivity contribution in [1.29, 1.82) is 0 Å². The summed E-state index contributed by atoms with van der Waals surface area (Å²) in [6.07, 6.45) is 2.13. The molecule has 3 aromatic rings. The molecule has 1 saturated heterocycles. The Balaban J connectivity index is 1.21. The molecular formula is C22H20N2O4S. The summed E-state index contributed by atoms with van der Waals surface area (Å²) in [4.78, 5) is 17.7. The SMILES string of the molecule is O=C(O)C1CN(CC2=Cc3ccc(OCc4nc5ccccc5s4)cc3OC2)C1. The maximum Gasteiger partial charge on any atom is 0.309 e. The van der Waals surface area contributed by atoms with Gasteiger partial charge in [-0.05, 0) is 35.9 Å². The first-order valence-electron chi connectivity index (χ1n) is 9.53. The number of hydrogen-bond donors (Lipinski definition) is 1. The molecule has 0 bridgehead atoms. The number of nitrogens with zero attached hydrogens (tertiary/aromatic N) is 2. The summed E-state index contributed by atoms with van der Waals surface area (Å²) in [5.74, 6) is 0.621. The fourth-order valence-corrected chi connectivity index (χ4v) is 4.52. The van der Waals surface area contributed by atoms with Crippen molar-refractivity contribution in [3.8, 4) is 11.5 Å². The topological polar surface area (TPSA) is 71.9 Å². The van der Waals surface area contributed by atoms with Gasteiger partial charge < -0.3 is 14.6 Å². The van der Waals surface area contributed by atoms with Gasteiger partial charge in [0, 0.05) is 31.3 Å². The number of benzene rings is 2. The van der Waals surface area contributed by atoms with Crippen LogP contribution in [0.15, 0.2) is 48.0 Å². The molecule has 1 aromatic heterocycles. The molecule has 2 aliphatic rings. The molecule has 6 nitrogen and oxygen atoms in total. The van der Waals surface area contributed by atoms with Crippen molar-refractivity contribution in [2.45, 2.75) is 6.61 Å². The lowest BCUT2D eigenvalue weighted by atomic mass is 9.98. The predicted octanol–water partition coefficient (Wildman–Crippen LogP) is 3.67. The molecule has 0 atom stereocenters. The number of likely N-dealkylation sites (tertiary alicyclic amines) is 1. The summed E-state index contributed by atoms with van der Waals surface area (Å²) in [5, 5.41) is 9.93. The summed E-state index contributed by atoms with van der Waals surface area (Å²) < 4.78 is 13.0. The van der Waals surface area contributed by atoms with E-state index in [4.69, 9.17) is 14.6 Å². The number of aromatic nitrogens is 1. The van der Waals surface area contributed by atoms with Crippen molar-refractivity contribution < 1.29 is 19.4 Å². The first-order valence-corrected chi connectivity index (χ1v) is 10.3. The lowest BCUT2D eigenvalue weighted by Crippen LogP contribution is -2.51. The van der Waals surface area contributed by atoms with Crippen LogP contribution in [0.4, 0.5) is 0 Å². The molecule has 5 rings (SSSR count). The van der Waals surface area contributed by atoms with Gasteiger partial charge in [-0.3, -0.25) is 9.69 Å². The van der Waals surface area contributed by atoms with Crippen LogP contribution in [0.1, 0.15) is 10.6 Å². The number of ether oxygens (including phenoxy) is 2. The summed E-state index contributed by atoms with van der Waals surface area (Å²) in [7, 11) is 0. The second-order valence-corrected chi connectivity index (χ2v) is 8.50. The third kappa shape index (κ3) is 3.83. The Morgan fingerprint density at radius 3 is 2.97 bits per heavy atom. The molecule has 1 fully saturated rings. The summed E-state index contributed by atoms with van der Waals surface area (Å²) >= 11 is 1.64. The van der Waals surface area contributed by atoms with Gasteiger partial charge in [0.15, 0.2) is 0 Å². The smallest absolute Gasteiger partial charge is 0.309 e. The number of hydrogen-bond acceptors (Lipinski definition) is 6. The van der Waals surface area contributed by atoms with Crippen LogP contribution in [-0.2, 0) is 11.4 Å². The minimum atomic E-state index is -0.709. The number of carboxylic acids is 1. The maximum absolute atomic E-state index is 10.9. The molecule has 0 amide bonds. The van der Waals surface area contributed by atoms with Crippen LogP contribution in [0, 0.1) is 5.92 Å². The molecular weight excluding hydrogens is 388 g/mol. The highest BCUT2D eigenvalue weighted by atomic mass is 32.1. The van der Waals surface area contributed by atoms with Crippen LogP contribution in [0.2, 0.25) is 0 Å². The number of carbonyl (C=O) groups is 1. The van der Waals surface area contributed by atoms with Crippen LogP contribution in [-0.4, -0.2) is 47.2 Å². The first kappa shape index (κ1) is 18.1. The van der Waals surface area contributed by atoms with Crippen molar-refractivity contribution in [2.75, 3.05) is 26.2 Å². The van der Waals surface area contributed by atoms with E-state index in [-0.39, 0.29) is 5.92 Å². The van der Waals surface area contributed by atoms with E-state index in [0.717, 1.165) is 44.4 Å². The van der Waals surface area contributed by atoms with Crippen molar-refractivity contribution >= 4 is 33.6 Å². The Labute approximate surface area is 172 Å². The molecule has 29 heavy (non-hydrogen) atoms. The molecule has 0 spiro atoms. The average molecular weight is 408 g/mol. The third-order valence-corrected chi connectivity index (χ3v) is 6.20. The predicted molar refractivity (Wildman–Crippen MR) is 111 cm³/mol. The molecule has 0 radical (unpaired) electrons. The Morgan fingerprint density at radius 2 is 2.14 bits per heavy atom. The molecule has 7 heteroatoms. The van der Waals surface area contributed by atoms with Crippen molar-refractivity contribution in [2.24, 2.45) is 5.92 Å². The van der Waals surface area contributed by atoms with E-state index >= 15 is 0 Å². The van der Waals surface area contributed by atoms with Crippen LogP contribution in [0.25, 0.3) is 16.3 Å². The number of rotatable bonds is 6. The molecule has 148 valence electrons. The third-order valence-electron chi connectivity index (χ3n) is 5.19. The van der Waals surface area contributed by atoms with Crippen LogP contribution >= 0.6 is 11.3 Å². The van der Waals surface area contributed by atoms with Gasteiger partial charge in [-0.15, -0.1) is 11.3 Å². The highest BCUT2D eigenvalue weighted by Gasteiger charge is 2.32. The summed E-state index contributed by atoms with van der Waals surface area (Å²) in [5.41, 5.74) is 3.18. The number of fused-ring (bicyclic) bond motifs is 2. The molecule has 0 unspecified atom stereocenters. The van der Waals surface area contributed by atoms with Crippen molar-refractivity contribution in [3.63, 3.8) is 0 Å². The zero-order valence-corrected chi connectivity index (χ0v) is 16.5. The number of thiazole rings is 1. The van der Waals surface area contributed by atoms with Gasteiger partial charge in [-0.25, -0.2) is 4.98 Å².